The maximum Gasteiger partial charge on any atom is 0.136 e. The smallest absolute Gasteiger partial charge is 0.136 e. The van der Waals surface area contributed by atoms with Crippen LogP contribution in [0.15, 0.2) is 6.07 Å². The Hall–Kier alpha value is -1.12. The number of hydrogen-bond donors (Lipinski definition) is 1. The summed E-state index contributed by atoms with van der Waals surface area (Å²) in [7, 11) is 0. The summed E-state index contributed by atoms with van der Waals surface area (Å²) in [5, 5.41) is 3.38. The van der Waals surface area contributed by atoms with Gasteiger partial charge in [-0.3, -0.25) is 0 Å². The summed E-state index contributed by atoms with van der Waals surface area (Å²) in [6.07, 6.45) is 3.57. The van der Waals surface area contributed by atoms with E-state index in [-0.39, 0.29) is 5.41 Å². The van der Waals surface area contributed by atoms with Crippen molar-refractivity contribution >= 4 is 5.82 Å². The van der Waals surface area contributed by atoms with E-state index >= 15 is 0 Å². The first-order chi connectivity index (χ1) is 8.05. The van der Waals surface area contributed by atoms with Crippen molar-refractivity contribution in [1.29, 1.82) is 0 Å². The fraction of sp³-hybridized carbons (Fsp3) is 0.714. The number of nitrogens with one attached hydrogen (secondary N) is 1. The molecule has 0 amide bonds. The van der Waals surface area contributed by atoms with Crippen molar-refractivity contribution < 1.29 is 0 Å². The maximum absolute atomic E-state index is 4.72. The van der Waals surface area contributed by atoms with Crippen molar-refractivity contribution in [3.05, 3.63) is 17.6 Å². The van der Waals surface area contributed by atoms with Crippen LogP contribution in [0.3, 0.4) is 0 Å². The van der Waals surface area contributed by atoms with E-state index in [1.54, 1.807) is 0 Å². The third-order valence-electron chi connectivity index (χ3n) is 3.43. The van der Waals surface area contributed by atoms with E-state index in [9.17, 15) is 0 Å². The Morgan fingerprint density at radius 1 is 1.35 bits per heavy atom. The van der Waals surface area contributed by atoms with Crippen LogP contribution < -0.4 is 5.32 Å². The lowest BCUT2D eigenvalue weighted by Crippen LogP contribution is -2.13. The summed E-state index contributed by atoms with van der Waals surface area (Å²) >= 11 is 0. The molecule has 0 spiro atoms. The molecule has 1 aliphatic rings. The van der Waals surface area contributed by atoms with Gasteiger partial charge in [-0.2, -0.15) is 0 Å². The fourth-order valence-corrected chi connectivity index (χ4v) is 1.79. The number of rotatable bonds is 5. The lowest BCUT2D eigenvalue weighted by Gasteiger charge is -2.14. The van der Waals surface area contributed by atoms with Gasteiger partial charge < -0.3 is 5.32 Å². The van der Waals surface area contributed by atoms with Crippen molar-refractivity contribution in [2.24, 2.45) is 0 Å². The molecule has 0 aromatic carbocycles. The second-order valence-electron chi connectivity index (χ2n) is 5.64. The molecular formula is C14H23N3. The lowest BCUT2D eigenvalue weighted by molar-refractivity contribution is 0.683. The number of anilines is 1. The number of nitrogens with zero attached hydrogens (tertiary/aromatic N) is 2. The van der Waals surface area contributed by atoms with Gasteiger partial charge in [0, 0.05) is 23.7 Å². The molecule has 94 valence electrons. The molecule has 1 aromatic rings. The quantitative estimate of drug-likeness (QED) is 0.846. The predicted octanol–water partition coefficient (Wildman–Crippen LogP) is 3.47. The van der Waals surface area contributed by atoms with Crippen molar-refractivity contribution in [2.75, 3.05) is 11.9 Å². The average Bonchev–Trinajstić information content (AvgIpc) is 3.05. The van der Waals surface area contributed by atoms with E-state index < -0.39 is 0 Å². The first-order valence-corrected chi connectivity index (χ1v) is 6.68. The number of hydrogen-bond acceptors (Lipinski definition) is 3. The molecule has 3 heteroatoms. The van der Waals surface area contributed by atoms with E-state index in [0.29, 0.717) is 5.92 Å². The summed E-state index contributed by atoms with van der Waals surface area (Å²) in [6, 6.07) is 2.09. The lowest BCUT2D eigenvalue weighted by atomic mass is 10.1. The monoisotopic (exact) mass is 233 g/mol. The Morgan fingerprint density at radius 3 is 2.59 bits per heavy atom. The van der Waals surface area contributed by atoms with E-state index in [4.69, 9.17) is 4.98 Å². The molecule has 1 saturated carbocycles. The van der Waals surface area contributed by atoms with Gasteiger partial charge in [0.05, 0.1) is 0 Å². The van der Waals surface area contributed by atoms with E-state index in [1.165, 1.54) is 12.8 Å². The van der Waals surface area contributed by atoms with Gasteiger partial charge in [-0.1, -0.05) is 27.7 Å². The Bertz CT molecular complexity index is 394. The minimum Gasteiger partial charge on any atom is -0.370 e. The average molecular weight is 233 g/mol. The first-order valence-electron chi connectivity index (χ1n) is 6.68. The summed E-state index contributed by atoms with van der Waals surface area (Å²) < 4.78 is 0. The van der Waals surface area contributed by atoms with Crippen LogP contribution in [-0.4, -0.2) is 16.5 Å². The highest BCUT2D eigenvalue weighted by Gasteiger charge is 2.42. The maximum atomic E-state index is 4.72. The normalized spacial score (nSPS) is 17.2. The van der Waals surface area contributed by atoms with Gasteiger partial charge in [-0.05, 0) is 25.2 Å². The van der Waals surface area contributed by atoms with Gasteiger partial charge in [0.25, 0.3) is 0 Å². The second kappa shape index (κ2) is 4.63. The Labute approximate surface area is 104 Å². The Kier molecular flexibility index (Phi) is 3.36. The molecule has 17 heavy (non-hydrogen) atoms. The van der Waals surface area contributed by atoms with Crippen LogP contribution in [0.25, 0.3) is 0 Å². The standard InChI is InChI=1S/C14H23N3/c1-5-8-15-12-9-11(10(2)3)16-13(17-12)14(4)6-7-14/h9-10H,5-8H2,1-4H3,(H,15,16,17). The minimum absolute atomic E-state index is 0.244. The molecule has 0 unspecified atom stereocenters. The fourth-order valence-electron chi connectivity index (χ4n) is 1.79. The zero-order valence-electron chi connectivity index (χ0n) is 11.4. The summed E-state index contributed by atoms with van der Waals surface area (Å²) in [4.78, 5) is 9.39. The van der Waals surface area contributed by atoms with Crippen LogP contribution in [0.2, 0.25) is 0 Å². The van der Waals surface area contributed by atoms with Gasteiger partial charge in [-0.15, -0.1) is 0 Å². The molecule has 0 aliphatic heterocycles. The minimum atomic E-state index is 0.244. The molecule has 1 aromatic heterocycles. The SMILES string of the molecule is CCCNc1cc(C(C)C)nc(C2(C)CC2)n1. The van der Waals surface area contributed by atoms with Crippen LogP contribution >= 0.6 is 0 Å². The molecule has 0 saturated heterocycles. The van der Waals surface area contributed by atoms with Gasteiger partial charge in [0.2, 0.25) is 0 Å². The highest BCUT2D eigenvalue weighted by molar-refractivity contribution is 5.38. The summed E-state index contributed by atoms with van der Waals surface area (Å²) in [6.45, 7) is 9.78. The van der Waals surface area contributed by atoms with Crippen molar-refractivity contribution in [3.8, 4) is 0 Å². The molecule has 0 bridgehead atoms. The zero-order chi connectivity index (χ0) is 12.5. The van der Waals surface area contributed by atoms with E-state index in [1.807, 2.05) is 0 Å². The predicted molar refractivity (Wildman–Crippen MR) is 71.5 cm³/mol. The van der Waals surface area contributed by atoms with Gasteiger partial charge in [0.15, 0.2) is 0 Å². The van der Waals surface area contributed by atoms with Crippen LogP contribution in [0.5, 0.6) is 0 Å². The molecule has 0 radical (unpaired) electrons. The second-order valence-corrected chi connectivity index (χ2v) is 5.64. The van der Waals surface area contributed by atoms with Gasteiger partial charge in [-0.25, -0.2) is 9.97 Å². The first kappa shape index (κ1) is 12.3. The van der Waals surface area contributed by atoms with Crippen molar-refractivity contribution in [1.82, 2.24) is 9.97 Å². The van der Waals surface area contributed by atoms with Gasteiger partial charge in [0.1, 0.15) is 11.6 Å². The summed E-state index contributed by atoms with van der Waals surface area (Å²) in [5.74, 6) is 2.48. The molecule has 1 aliphatic carbocycles. The van der Waals surface area contributed by atoms with Crippen LogP contribution in [0.1, 0.15) is 64.4 Å². The number of aromatic nitrogens is 2. The van der Waals surface area contributed by atoms with Crippen molar-refractivity contribution in [2.45, 2.75) is 58.3 Å². The molecule has 2 rings (SSSR count). The molecule has 1 fully saturated rings. The van der Waals surface area contributed by atoms with Crippen molar-refractivity contribution in [3.63, 3.8) is 0 Å². The summed E-state index contributed by atoms with van der Waals surface area (Å²) in [5.41, 5.74) is 1.40. The molecule has 1 heterocycles. The Morgan fingerprint density at radius 2 is 2.06 bits per heavy atom. The topological polar surface area (TPSA) is 37.8 Å². The van der Waals surface area contributed by atoms with E-state index in [2.05, 4.69) is 44.1 Å². The van der Waals surface area contributed by atoms with Crippen LogP contribution in [-0.2, 0) is 5.41 Å². The third-order valence-corrected chi connectivity index (χ3v) is 3.43. The Balaban J connectivity index is 2.29. The largest absolute Gasteiger partial charge is 0.370 e. The highest BCUT2D eigenvalue weighted by Crippen LogP contribution is 2.46. The van der Waals surface area contributed by atoms with Crippen LogP contribution in [0, 0.1) is 0 Å². The van der Waals surface area contributed by atoms with Gasteiger partial charge >= 0.3 is 0 Å². The van der Waals surface area contributed by atoms with E-state index in [0.717, 1.165) is 30.3 Å². The molecular weight excluding hydrogens is 210 g/mol. The molecule has 3 nitrogen and oxygen atoms in total. The molecule has 1 N–H and O–H groups in total. The van der Waals surface area contributed by atoms with Crippen LogP contribution in [0.4, 0.5) is 5.82 Å². The highest BCUT2D eigenvalue weighted by atomic mass is 15.0. The molecule has 0 atom stereocenters. The third kappa shape index (κ3) is 2.76. The zero-order valence-corrected chi connectivity index (χ0v) is 11.4.